The molecule has 166 valence electrons. The maximum atomic E-state index is 14.6. The van der Waals surface area contributed by atoms with Gasteiger partial charge in [-0.25, -0.2) is 18.7 Å². The van der Waals surface area contributed by atoms with Crippen LogP contribution < -0.4 is 21.3 Å². The largest absolute Gasteiger partial charge is 0.454 e. The molecule has 0 unspecified atom stereocenters. The number of nitrogens with zero attached hydrogens (tertiary/aromatic N) is 3. The Hall–Kier alpha value is -4.60. The van der Waals surface area contributed by atoms with Gasteiger partial charge in [0.2, 0.25) is 0 Å². The Morgan fingerprint density at radius 1 is 1.03 bits per heavy atom. The first-order chi connectivity index (χ1) is 15.8. The number of carbonyl (C=O) groups excluding carboxylic acids is 1. The minimum absolute atomic E-state index is 0.0850. The summed E-state index contributed by atoms with van der Waals surface area (Å²) in [6.45, 7) is 1.69. The van der Waals surface area contributed by atoms with Crippen LogP contribution in [0.3, 0.4) is 0 Å². The molecule has 1 amide bonds. The summed E-state index contributed by atoms with van der Waals surface area (Å²) in [5.74, 6) is -1.52. The third kappa shape index (κ3) is 4.54. The second-order valence-corrected chi connectivity index (χ2v) is 6.95. The molecule has 0 saturated carbocycles. The van der Waals surface area contributed by atoms with Crippen LogP contribution in [-0.2, 0) is 0 Å². The van der Waals surface area contributed by atoms with Crippen LogP contribution in [0.25, 0.3) is 5.69 Å². The number of amides is 1. The number of carbonyl (C=O) groups is 1. The first kappa shape index (κ1) is 21.6. The molecule has 0 fully saturated rings. The van der Waals surface area contributed by atoms with Crippen LogP contribution in [0.4, 0.5) is 20.3 Å². The molecule has 0 aliphatic heterocycles. The van der Waals surface area contributed by atoms with Crippen molar-refractivity contribution in [3.63, 3.8) is 0 Å². The normalized spacial score (nSPS) is 10.6. The highest BCUT2D eigenvalue weighted by Gasteiger charge is 2.17. The number of nitrogen functional groups attached to an aromatic ring is 1. The molecular formula is C23H17F2N5O3. The molecule has 0 radical (unpaired) electrons. The van der Waals surface area contributed by atoms with E-state index in [1.807, 2.05) is 0 Å². The first-order valence-corrected chi connectivity index (χ1v) is 9.67. The lowest BCUT2D eigenvalue weighted by Crippen LogP contribution is -2.29. The molecule has 0 aliphatic carbocycles. The third-order valence-electron chi connectivity index (χ3n) is 4.76. The monoisotopic (exact) mass is 449 g/mol. The first-order valence-electron chi connectivity index (χ1n) is 9.67. The Balaban J connectivity index is 1.55. The van der Waals surface area contributed by atoms with Crippen molar-refractivity contribution in [2.24, 2.45) is 0 Å². The number of ether oxygens (including phenoxy) is 1. The van der Waals surface area contributed by atoms with E-state index < -0.39 is 28.8 Å². The zero-order valence-electron chi connectivity index (χ0n) is 17.3. The van der Waals surface area contributed by atoms with Crippen molar-refractivity contribution < 1.29 is 18.3 Å². The maximum Gasteiger partial charge on any atom is 0.286 e. The van der Waals surface area contributed by atoms with Gasteiger partial charge in [0.05, 0.1) is 0 Å². The molecule has 2 aromatic heterocycles. The van der Waals surface area contributed by atoms with Gasteiger partial charge < -0.3 is 15.8 Å². The Morgan fingerprint density at radius 3 is 2.52 bits per heavy atom. The van der Waals surface area contributed by atoms with Gasteiger partial charge in [0.15, 0.2) is 17.3 Å². The van der Waals surface area contributed by atoms with Crippen molar-refractivity contribution in [3.05, 3.63) is 100 Å². The lowest BCUT2D eigenvalue weighted by molar-refractivity contribution is 0.102. The molecule has 0 aliphatic rings. The number of benzene rings is 2. The highest BCUT2D eigenvalue weighted by Crippen LogP contribution is 2.30. The number of anilines is 2. The fourth-order valence-corrected chi connectivity index (χ4v) is 2.99. The van der Waals surface area contributed by atoms with Gasteiger partial charge in [-0.2, -0.15) is 0 Å². The molecule has 33 heavy (non-hydrogen) atoms. The minimum atomic E-state index is -0.831. The lowest BCUT2D eigenvalue weighted by atomic mass is 10.2. The molecule has 10 heteroatoms. The molecule has 2 aromatic carbocycles. The molecule has 8 nitrogen and oxygen atoms in total. The Bertz CT molecular complexity index is 1400. The molecule has 0 spiro atoms. The summed E-state index contributed by atoms with van der Waals surface area (Å²) in [7, 11) is 0. The van der Waals surface area contributed by atoms with E-state index in [1.165, 1.54) is 55.0 Å². The number of hydrogen-bond acceptors (Lipinski definition) is 6. The standard InChI is InChI=1S/C23H17F2N5O3/c1-13-18(8-9-28-21(13)26)33-19-7-4-15(12-17(19)25)29-22(31)20-23(32)30(11-10-27-20)16-5-2-14(24)3-6-16/h2-12H,1H3,(H2,26,28)(H,29,31). The second kappa shape index (κ2) is 8.87. The number of aromatic nitrogens is 3. The van der Waals surface area contributed by atoms with Crippen molar-refractivity contribution >= 4 is 17.4 Å². The number of nitrogens with one attached hydrogen (secondary N) is 1. The van der Waals surface area contributed by atoms with Gasteiger partial charge in [0, 0.05) is 41.6 Å². The zero-order valence-corrected chi connectivity index (χ0v) is 17.3. The van der Waals surface area contributed by atoms with Crippen molar-refractivity contribution in [2.45, 2.75) is 6.92 Å². The predicted octanol–water partition coefficient (Wildman–Crippen LogP) is 3.84. The van der Waals surface area contributed by atoms with Crippen LogP contribution in [0.15, 0.2) is 71.9 Å². The molecule has 0 bridgehead atoms. The van der Waals surface area contributed by atoms with E-state index in [0.29, 0.717) is 17.0 Å². The van der Waals surface area contributed by atoms with Crippen molar-refractivity contribution in [3.8, 4) is 17.2 Å². The second-order valence-electron chi connectivity index (χ2n) is 6.95. The number of halogens is 2. The van der Waals surface area contributed by atoms with E-state index in [4.69, 9.17) is 10.5 Å². The Morgan fingerprint density at radius 2 is 1.79 bits per heavy atom. The maximum absolute atomic E-state index is 14.6. The predicted molar refractivity (Wildman–Crippen MR) is 118 cm³/mol. The van der Waals surface area contributed by atoms with Gasteiger partial charge in [-0.3, -0.25) is 14.2 Å². The fourth-order valence-electron chi connectivity index (χ4n) is 2.99. The van der Waals surface area contributed by atoms with Crippen molar-refractivity contribution in [1.29, 1.82) is 0 Å². The van der Waals surface area contributed by atoms with E-state index in [9.17, 15) is 18.4 Å². The SMILES string of the molecule is Cc1c(Oc2ccc(NC(=O)c3nccn(-c4ccc(F)cc4)c3=O)cc2F)ccnc1N. The molecular weight excluding hydrogens is 432 g/mol. The number of nitrogens with two attached hydrogens (primary N) is 1. The van der Waals surface area contributed by atoms with Crippen molar-refractivity contribution in [1.82, 2.24) is 14.5 Å². The van der Waals surface area contributed by atoms with Gasteiger partial charge in [0.1, 0.15) is 17.4 Å². The molecule has 3 N–H and O–H groups in total. The fraction of sp³-hybridized carbons (Fsp3) is 0.0435. The van der Waals surface area contributed by atoms with Crippen molar-refractivity contribution in [2.75, 3.05) is 11.1 Å². The molecule has 2 heterocycles. The van der Waals surface area contributed by atoms with E-state index in [1.54, 1.807) is 13.0 Å². The van der Waals surface area contributed by atoms with Crippen LogP contribution >= 0.6 is 0 Å². The Kier molecular flexibility index (Phi) is 5.81. The van der Waals surface area contributed by atoms with Gasteiger partial charge >= 0.3 is 0 Å². The minimum Gasteiger partial charge on any atom is -0.454 e. The number of pyridine rings is 1. The highest BCUT2D eigenvalue weighted by atomic mass is 19.1. The number of hydrogen-bond donors (Lipinski definition) is 2. The van der Waals surface area contributed by atoms with E-state index in [-0.39, 0.29) is 17.3 Å². The van der Waals surface area contributed by atoms with Gasteiger partial charge in [-0.1, -0.05) is 0 Å². The van der Waals surface area contributed by atoms with Crippen LogP contribution in [0.5, 0.6) is 11.5 Å². The molecule has 0 atom stereocenters. The summed E-state index contributed by atoms with van der Waals surface area (Å²) in [6.07, 6.45) is 4.06. The van der Waals surface area contributed by atoms with Gasteiger partial charge in [-0.15, -0.1) is 0 Å². The average Bonchev–Trinajstić information content (AvgIpc) is 2.79. The van der Waals surface area contributed by atoms with Crippen LogP contribution in [0, 0.1) is 18.6 Å². The summed E-state index contributed by atoms with van der Waals surface area (Å²) in [5.41, 5.74) is 5.61. The summed E-state index contributed by atoms with van der Waals surface area (Å²) in [5, 5.41) is 2.44. The summed E-state index contributed by atoms with van der Waals surface area (Å²) in [6, 6.07) is 10.5. The summed E-state index contributed by atoms with van der Waals surface area (Å²) < 4.78 is 34.5. The molecule has 0 saturated heterocycles. The number of rotatable bonds is 5. The smallest absolute Gasteiger partial charge is 0.286 e. The third-order valence-corrected chi connectivity index (χ3v) is 4.76. The molecule has 4 aromatic rings. The summed E-state index contributed by atoms with van der Waals surface area (Å²) >= 11 is 0. The topological polar surface area (TPSA) is 112 Å². The average molecular weight is 449 g/mol. The van der Waals surface area contributed by atoms with E-state index >= 15 is 0 Å². The van der Waals surface area contributed by atoms with Gasteiger partial charge in [0.25, 0.3) is 11.5 Å². The highest BCUT2D eigenvalue weighted by molar-refractivity contribution is 6.02. The summed E-state index contributed by atoms with van der Waals surface area (Å²) in [4.78, 5) is 33.1. The van der Waals surface area contributed by atoms with Gasteiger partial charge in [-0.05, 0) is 49.4 Å². The van der Waals surface area contributed by atoms with Crippen LogP contribution in [0.1, 0.15) is 16.1 Å². The van der Waals surface area contributed by atoms with E-state index in [0.717, 1.165) is 10.6 Å². The lowest BCUT2D eigenvalue weighted by Gasteiger charge is -2.12. The van der Waals surface area contributed by atoms with E-state index in [2.05, 4.69) is 15.3 Å². The molecule has 4 rings (SSSR count). The Labute approximate surface area is 186 Å². The van der Waals surface area contributed by atoms with Crippen LogP contribution in [-0.4, -0.2) is 20.4 Å². The zero-order chi connectivity index (χ0) is 23.5. The van der Waals surface area contributed by atoms with Crippen LogP contribution in [0.2, 0.25) is 0 Å². The quantitative estimate of drug-likeness (QED) is 0.479.